The number of carbonyl (C=O) groups is 1. The summed E-state index contributed by atoms with van der Waals surface area (Å²) in [6.45, 7) is 3.26. The third kappa shape index (κ3) is 6.02. The molecule has 0 aromatic heterocycles. The van der Waals surface area contributed by atoms with Gasteiger partial charge in [0.05, 0.1) is 11.5 Å². The maximum Gasteiger partial charge on any atom is 0.221 e. The molecule has 0 aromatic rings. The lowest BCUT2D eigenvalue weighted by Crippen LogP contribution is -2.41. The van der Waals surface area contributed by atoms with Gasteiger partial charge in [-0.25, -0.2) is 8.42 Å². The monoisotopic (exact) mass is 262 g/mol. The van der Waals surface area contributed by atoms with E-state index in [1.54, 1.807) is 0 Å². The summed E-state index contributed by atoms with van der Waals surface area (Å²) in [5.41, 5.74) is 0. The molecule has 1 rings (SSSR count). The maximum atomic E-state index is 11.4. The highest BCUT2D eigenvalue weighted by Crippen LogP contribution is 2.11. The Kier molecular flexibility index (Phi) is 5.91. The van der Waals surface area contributed by atoms with E-state index < -0.39 is 9.84 Å². The van der Waals surface area contributed by atoms with E-state index in [2.05, 4.69) is 10.6 Å². The van der Waals surface area contributed by atoms with Crippen LogP contribution in [0.4, 0.5) is 0 Å². The van der Waals surface area contributed by atoms with Crippen molar-refractivity contribution in [3.8, 4) is 0 Å². The largest absolute Gasteiger partial charge is 0.356 e. The van der Waals surface area contributed by atoms with Gasteiger partial charge >= 0.3 is 0 Å². The predicted molar refractivity (Wildman–Crippen MR) is 67.6 cm³/mol. The van der Waals surface area contributed by atoms with E-state index >= 15 is 0 Å². The molecule has 0 spiro atoms. The Morgan fingerprint density at radius 3 is 2.76 bits per heavy atom. The molecule has 1 saturated heterocycles. The van der Waals surface area contributed by atoms with Crippen LogP contribution in [0.25, 0.3) is 0 Å². The Hall–Kier alpha value is -0.620. The molecule has 0 saturated carbocycles. The lowest BCUT2D eigenvalue weighted by Gasteiger charge is -2.22. The number of amides is 1. The molecule has 0 bridgehead atoms. The Bertz CT molecular complexity index is 341. The van der Waals surface area contributed by atoms with Crippen molar-refractivity contribution < 1.29 is 13.2 Å². The summed E-state index contributed by atoms with van der Waals surface area (Å²) in [5, 5.41) is 5.93. The van der Waals surface area contributed by atoms with Crippen molar-refractivity contribution in [2.45, 2.75) is 38.6 Å². The zero-order valence-electron chi connectivity index (χ0n) is 10.4. The van der Waals surface area contributed by atoms with Crippen LogP contribution in [0.5, 0.6) is 0 Å². The summed E-state index contributed by atoms with van der Waals surface area (Å²) < 4.78 is 22.8. The van der Waals surface area contributed by atoms with Gasteiger partial charge in [-0.3, -0.25) is 4.79 Å². The fourth-order valence-electron chi connectivity index (χ4n) is 1.93. The van der Waals surface area contributed by atoms with Crippen LogP contribution in [0.1, 0.15) is 32.6 Å². The molecule has 1 atom stereocenters. The maximum absolute atomic E-state index is 11.4. The average Bonchev–Trinajstić information content (AvgIpc) is 2.25. The van der Waals surface area contributed by atoms with Gasteiger partial charge in [-0.2, -0.15) is 0 Å². The molecular weight excluding hydrogens is 240 g/mol. The van der Waals surface area contributed by atoms with Crippen molar-refractivity contribution in [3.05, 3.63) is 0 Å². The minimum Gasteiger partial charge on any atom is -0.356 e. The van der Waals surface area contributed by atoms with Crippen LogP contribution in [-0.4, -0.2) is 45.0 Å². The van der Waals surface area contributed by atoms with Crippen LogP contribution < -0.4 is 10.6 Å². The molecular formula is C11H22N2O3S. The Morgan fingerprint density at radius 1 is 1.35 bits per heavy atom. The minimum absolute atomic E-state index is 0.0210. The van der Waals surface area contributed by atoms with E-state index in [0.29, 0.717) is 25.3 Å². The molecule has 1 aliphatic rings. The number of carbonyl (C=O) groups excluding carboxylic acids is 1. The third-order valence-electron chi connectivity index (χ3n) is 2.82. The molecule has 0 radical (unpaired) electrons. The number of hydrogen-bond acceptors (Lipinski definition) is 4. The lowest BCUT2D eigenvalue weighted by atomic mass is 10.2. The van der Waals surface area contributed by atoms with Gasteiger partial charge in [-0.1, -0.05) is 6.92 Å². The van der Waals surface area contributed by atoms with Crippen molar-refractivity contribution >= 4 is 15.7 Å². The molecule has 0 aromatic carbocycles. The topological polar surface area (TPSA) is 75.3 Å². The SMILES string of the molecule is CCCNC(=O)CCNC1CCCS(=O)(=O)C1. The Balaban J connectivity index is 2.16. The summed E-state index contributed by atoms with van der Waals surface area (Å²) >= 11 is 0. The summed E-state index contributed by atoms with van der Waals surface area (Å²) in [6, 6.07) is 0.0210. The van der Waals surface area contributed by atoms with Gasteiger partial charge in [0.2, 0.25) is 5.91 Å². The van der Waals surface area contributed by atoms with E-state index in [4.69, 9.17) is 0 Å². The van der Waals surface area contributed by atoms with Crippen molar-refractivity contribution in [1.29, 1.82) is 0 Å². The van der Waals surface area contributed by atoms with Crippen molar-refractivity contribution in [1.82, 2.24) is 10.6 Å². The summed E-state index contributed by atoms with van der Waals surface area (Å²) in [7, 11) is -2.86. The van der Waals surface area contributed by atoms with E-state index in [9.17, 15) is 13.2 Å². The summed E-state index contributed by atoms with van der Waals surface area (Å²) in [5.74, 6) is 0.546. The van der Waals surface area contributed by atoms with Gasteiger partial charge in [-0.05, 0) is 19.3 Å². The normalized spacial score (nSPS) is 23.2. The van der Waals surface area contributed by atoms with E-state index in [1.807, 2.05) is 6.92 Å². The quantitative estimate of drug-likeness (QED) is 0.710. The van der Waals surface area contributed by atoms with Crippen LogP contribution in [0.15, 0.2) is 0 Å². The van der Waals surface area contributed by atoms with Gasteiger partial charge in [0, 0.05) is 25.6 Å². The van der Waals surface area contributed by atoms with Crippen molar-refractivity contribution in [2.75, 3.05) is 24.6 Å². The Labute approximate surface area is 103 Å². The molecule has 5 nitrogen and oxygen atoms in total. The van der Waals surface area contributed by atoms with Crippen LogP contribution in [0.2, 0.25) is 0 Å². The van der Waals surface area contributed by atoms with E-state index in [0.717, 1.165) is 19.3 Å². The first-order valence-corrected chi connectivity index (χ1v) is 8.06. The molecule has 1 unspecified atom stereocenters. The number of rotatable bonds is 6. The third-order valence-corrected chi connectivity index (χ3v) is 4.64. The molecule has 17 heavy (non-hydrogen) atoms. The lowest BCUT2D eigenvalue weighted by molar-refractivity contribution is -0.121. The van der Waals surface area contributed by atoms with Crippen LogP contribution in [0, 0.1) is 0 Å². The molecule has 2 N–H and O–H groups in total. The van der Waals surface area contributed by atoms with Crippen molar-refractivity contribution in [3.63, 3.8) is 0 Å². The molecule has 6 heteroatoms. The molecule has 1 fully saturated rings. The highest BCUT2D eigenvalue weighted by molar-refractivity contribution is 7.91. The Morgan fingerprint density at radius 2 is 2.12 bits per heavy atom. The van der Waals surface area contributed by atoms with E-state index in [1.165, 1.54) is 0 Å². The van der Waals surface area contributed by atoms with Gasteiger partial charge in [-0.15, -0.1) is 0 Å². The second-order valence-electron chi connectivity index (χ2n) is 4.51. The fraction of sp³-hybridized carbons (Fsp3) is 0.909. The zero-order valence-corrected chi connectivity index (χ0v) is 11.2. The van der Waals surface area contributed by atoms with Gasteiger partial charge in [0.25, 0.3) is 0 Å². The first-order chi connectivity index (χ1) is 8.03. The van der Waals surface area contributed by atoms with Crippen LogP contribution in [-0.2, 0) is 14.6 Å². The van der Waals surface area contributed by atoms with Crippen molar-refractivity contribution in [2.24, 2.45) is 0 Å². The molecule has 1 heterocycles. The zero-order chi connectivity index (χ0) is 12.7. The number of nitrogens with one attached hydrogen (secondary N) is 2. The molecule has 100 valence electrons. The average molecular weight is 262 g/mol. The second kappa shape index (κ2) is 6.96. The number of hydrogen-bond donors (Lipinski definition) is 2. The first kappa shape index (κ1) is 14.4. The summed E-state index contributed by atoms with van der Waals surface area (Å²) in [6.07, 6.45) is 2.95. The van der Waals surface area contributed by atoms with Gasteiger partial charge < -0.3 is 10.6 Å². The highest BCUT2D eigenvalue weighted by atomic mass is 32.2. The minimum atomic E-state index is -2.86. The standard InChI is InChI=1S/C11H22N2O3S/c1-2-6-13-11(14)5-7-12-10-4-3-8-17(15,16)9-10/h10,12H,2-9H2,1H3,(H,13,14). The van der Waals surface area contributed by atoms with Gasteiger partial charge in [0.15, 0.2) is 9.84 Å². The molecule has 1 aliphatic heterocycles. The first-order valence-electron chi connectivity index (χ1n) is 6.24. The predicted octanol–water partition coefficient (Wildman–Crippen LogP) is 0.0695. The highest BCUT2D eigenvalue weighted by Gasteiger charge is 2.24. The molecule has 1 amide bonds. The van der Waals surface area contributed by atoms with Crippen LogP contribution in [0.3, 0.4) is 0 Å². The van der Waals surface area contributed by atoms with Gasteiger partial charge in [0.1, 0.15) is 0 Å². The second-order valence-corrected chi connectivity index (χ2v) is 6.74. The number of sulfone groups is 1. The fourth-order valence-corrected chi connectivity index (χ4v) is 3.60. The van der Waals surface area contributed by atoms with Crippen LogP contribution >= 0.6 is 0 Å². The molecule has 0 aliphatic carbocycles. The smallest absolute Gasteiger partial charge is 0.221 e. The van der Waals surface area contributed by atoms with E-state index in [-0.39, 0.29) is 17.7 Å². The summed E-state index contributed by atoms with van der Waals surface area (Å²) in [4.78, 5) is 11.3.